The number of carbonyl (C=O) groups excluding carboxylic acids is 1. The van der Waals surface area contributed by atoms with E-state index >= 15 is 0 Å². The molecule has 1 aliphatic heterocycles. The van der Waals surface area contributed by atoms with Crippen molar-refractivity contribution in [3.05, 3.63) is 45.0 Å². The molecule has 0 spiro atoms. The summed E-state index contributed by atoms with van der Waals surface area (Å²) in [7, 11) is 0. The molecule has 4 rings (SSSR count). The number of aliphatic hydroxyl groups is 2. The quantitative estimate of drug-likeness (QED) is 0.548. The molecule has 3 aromatic heterocycles. The van der Waals surface area contributed by atoms with E-state index in [4.69, 9.17) is 0 Å². The molecule has 7 nitrogen and oxygen atoms in total. The van der Waals surface area contributed by atoms with Crippen molar-refractivity contribution in [1.29, 1.82) is 0 Å². The third-order valence-electron chi connectivity index (χ3n) is 4.87. The van der Waals surface area contributed by atoms with Gasteiger partial charge >= 0.3 is 6.18 Å². The zero-order valence-corrected chi connectivity index (χ0v) is 17.6. The van der Waals surface area contributed by atoms with Gasteiger partial charge in [-0.25, -0.2) is 15.0 Å². The summed E-state index contributed by atoms with van der Waals surface area (Å²) in [6.45, 7) is 0.310. The minimum atomic E-state index is -4.43. The van der Waals surface area contributed by atoms with Gasteiger partial charge in [-0.2, -0.15) is 13.2 Å². The number of aliphatic hydroxyl groups excluding tert-OH is 2. The first-order valence-electron chi connectivity index (χ1n) is 9.24. The van der Waals surface area contributed by atoms with E-state index in [-0.39, 0.29) is 31.3 Å². The number of Topliss-reactive ketones (excluding diaryl/α,β-unsaturated/α-hetero) is 1. The molecule has 12 heteroatoms. The first kappa shape index (κ1) is 21.8. The molecule has 0 bridgehead atoms. The molecule has 1 aliphatic rings. The summed E-state index contributed by atoms with van der Waals surface area (Å²) in [6, 6.07) is 2.29. The monoisotopic (exact) mass is 470 g/mol. The van der Waals surface area contributed by atoms with Gasteiger partial charge in [0.15, 0.2) is 0 Å². The Kier molecular flexibility index (Phi) is 6.06. The van der Waals surface area contributed by atoms with Crippen molar-refractivity contribution in [1.82, 2.24) is 15.0 Å². The number of carbonyl (C=O) groups is 1. The van der Waals surface area contributed by atoms with Crippen molar-refractivity contribution >= 4 is 34.3 Å². The Morgan fingerprint density at radius 3 is 2.55 bits per heavy atom. The van der Waals surface area contributed by atoms with Gasteiger partial charge < -0.3 is 15.1 Å². The molecular weight excluding hydrogens is 453 g/mol. The average Bonchev–Trinajstić information content (AvgIpc) is 3.32. The highest BCUT2D eigenvalue weighted by molar-refractivity contribution is 7.16. The number of nitrogens with zero attached hydrogens (tertiary/aromatic N) is 4. The molecule has 0 aromatic carbocycles. The summed E-state index contributed by atoms with van der Waals surface area (Å²) in [4.78, 5) is 27.5. The third kappa shape index (κ3) is 4.61. The van der Waals surface area contributed by atoms with Crippen molar-refractivity contribution in [2.45, 2.75) is 25.8 Å². The van der Waals surface area contributed by atoms with Gasteiger partial charge in [-0.05, 0) is 12.1 Å². The Labute approximate surface area is 182 Å². The third-order valence-corrected chi connectivity index (χ3v) is 6.83. The van der Waals surface area contributed by atoms with E-state index in [0.717, 1.165) is 12.3 Å². The molecule has 0 amide bonds. The number of aromatic nitrogens is 3. The standard InChI is InChI=1S/C19H17F3N4O3S2/c20-19(21,22)11-1-2-15(23-4-11)26-5-10(6-26)14(29)3-16-25-13(9-30-16)18-12(7-27)24-17(8-28)31-18/h1-2,4,9-10,27-28H,3,5-8H2. The molecule has 0 radical (unpaired) electrons. The molecule has 1 saturated heterocycles. The van der Waals surface area contributed by atoms with Crippen LogP contribution in [0.15, 0.2) is 23.7 Å². The minimum absolute atomic E-state index is 0.00629. The van der Waals surface area contributed by atoms with Gasteiger partial charge in [-0.15, -0.1) is 22.7 Å². The average molecular weight is 470 g/mol. The lowest BCUT2D eigenvalue weighted by Gasteiger charge is -2.39. The van der Waals surface area contributed by atoms with E-state index in [1.165, 1.54) is 28.7 Å². The summed E-state index contributed by atoms with van der Waals surface area (Å²) < 4.78 is 37.9. The van der Waals surface area contributed by atoms with Gasteiger partial charge in [0, 0.05) is 24.7 Å². The highest BCUT2D eigenvalue weighted by atomic mass is 32.1. The van der Waals surface area contributed by atoms with Crippen LogP contribution in [0.3, 0.4) is 0 Å². The molecule has 0 atom stereocenters. The Morgan fingerprint density at radius 2 is 1.94 bits per heavy atom. The van der Waals surface area contributed by atoms with E-state index in [2.05, 4.69) is 15.0 Å². The molecule has 0 unspecified atom stereocenters. The lowest BCUT2D eigenvalue weighted by molar-refractivity contribution is -0.137. The summed E-state index contributed by atoms with van der Waals surface area (Å²) >= 11 is 2.58. The van der Waals surface area contributed by atoms with Gasteiger partial charge in [-0.1, -0.05) is 0 Å². The van der Waals surface area contributed by atoms with Gasteiger partial charge in [0.05, 0.1) is 47.4 Å². The van der Waals surface area contributed by atoms with Crippen molar-refractivity contribution in [3.63, 3.8) is 0 Å². The van der Waals surface area contributed by atoms with Crippen molar-refractivity contribution in [2.75, 3.05) is 18.0 Å². The SMILES string of the molecule is O=C(Cc1nc(-c2sc(CO)nc2CO)cs1)C1CN(c2ccc(C(F)(F)F)cn2)C1. The second-order valence-electron chi connectivity index (χ2n) is 6.97. The summed E-state index contributed by atoms with van der Waals surface area (Å²) in [6.07, 6.45) is -3.48. The van der Waals surface area contributed by atoms with Crippen LogP contribution in [0.2, 0.25) is 0 Å². The second kappa shape index (κ2) is 8.61. The lowest BCUT2D eigenvalue weighted by Crippen LogP contribution is -2.51. The van der Waals surface area contributed by atoms with E-state index in [1.54, 1.807) is 10.3 Å². The highest BCUT2D eigenvalue weighted by Crippen LogP contribution is 2.33. The summed E-state index contributed by atoms with van der Waals surface area (Å²) in [5, 5.41) is 21.6. The first-order valence-corrected chi connectivity index (χ1v) is 10.9. The zero-order chi connectivity index (χ0) is 22.2. The van der Waals surface area contributed by atoms with Gasteiger partial charge in [0.2, 0.25) is 0 Å². The molecular formula is C19H17F3N4O3S2. The lowest BCUT2D eigenvalue weighted by atomic mass is 9.93. The maximum atomic E-state index is 12.6. The topological polar surface area (TPSA) is 99.4 Å². The molecule has 164 valence electrons. The number of ketones is 1. The Hall–Kier alpha value is -2.41. The van der Waals surface area contributed by atoms with Gasteiger partial charge in [0.25, 0.3) is 0 Å². The molecule has 4 heterocycles. The normalized spacial score (nSPS) is 14.7. The smallest absolute Gasteiger partial charge is 0.390 e. The predicted octanol–water partition coefficient (Wildman–Crippen LogP) is 2.91. The van der Waals surface area contributed by atoms with Gasteiger partial charge in [-0.3, -0.25) is 4.79 Å². The fourth-order valence-corrected chi connectivity index (χ4v) is 4.94. The van der Waals surface area contributed by atoms with Crippen LogP contribution in [0.5, 0.6) is 0 Å². The van der Waals surface area contributed by atoms with Crippen LogP contribution in [0.4, 0.5) is 19.0 Å². The zero-order valence-electron chi connectivity index (χ0n) is 16.0. The minimum Gasteiger partial charge on any atom is -0.390 e. The van der Waals surface area contributed by atoms with Crippen LogP contribution in [0.25, 0.3) is 10.6 Å². The number of rotatable bonds is 7. The fraction of sp³-hybridized carbons (Fsp3) is 0.368. The Bertz CT molecular complexity index is 1080. The van der Waals surface area contributed by atoms with Crippen molar-refractivity contribution < 1.29 is 28.2 Å². The van der Waals surface area contributed by atoms with Crippen LogP contribution >= 0.6 is 22.7 Å². The van der Waals surface area contributed by atoms with Crippen LogP contribution in [-0.4, -0.2) is 44.0 Å². The van der Waals surface area contributed by atoms with Crippen LogP contribution < -0.4 is 4.90 Å². The number of hydrogen-bond acceptors (Lipinski definition) is 9. The molecule has 2 N–H and O–H groups in total. The number of hydrogen-bond donors (Lipinski definition) is 2. The highest BCUT2D eigenvalue weighted by Gasteiger charge is 2.35. The summed E-state index contributed by atoms with van der Waals surface area (Å²) in [5.41, 5.74) is 0.245. The number of thiazole rings is 2. The summed E-state index contributed by atoms with van der Waals surface area (Å²) in [5.74, 6) is 0.190. The van der Waals surface area contributed by atoms with Crippen LogP contribution in [0.1, 0.15) is 21.3 Å². The van der Waals surface area contributed by atoms with Crippen molar-refractivity contribution in [2.24, 2.45) is 5.92 Å². The molecule has 0 aliphatic carbocycles. The molecule has 31 heavy (non-hydrogen) atoms. The van der Waals surface area contributed by atoms with E-state index in [1.807, 2.05) is 0 Å². The molecule has 0 saturated carbocycles. The maximum Gasteiger partial charge on any atom is 0.417 e. The van der Waals surface area contributed by atoms with Crippen LogP contribution in [0, 0.1) is 5.92 Å². The van der Waals surface area contributed by atoms with Crippen LogP contribution in [-0.2, 0) is 30.6 Å². The van der Waals surface area contributed by atoms with Crippen molar-refractivity contribution in [3.8, 4) is 10.6 Å². The Morgan fingerprint density at radius 1 is 1.16 bits per heavy atom. The van der Waals surface area contributed by atoms with Gasteiger partial charge in [0.1, 0.15) is 21.6 Å². The number of alkyl halides is 3. The predicted molar refractivity (Wildman–Crippen MR) is 109 cm³/mol. The number of pyridine rings is 1. The van der Waals surface area contributed by atoms with E-state index in [0.29, 0.717) is 45.2 Å². The van der Waals surface area contributed by atoms with E-state index in [9.17, 15) is 28.2 Å². The molecule has 1 fully saturated rings. The largest absolute Gasteiger partial charge is 0.417 e. The Balaban J connectivity index is 1.35. The second-order valence-corrected chi connectivity index (χ2v) is 9.00. The fourth-order valence-electron chi connectivity index (χ4n) is 3.18. The van der Waals surface area contributed by atoms with E-state index < -0.39 is 11.7 Å². The first-order chi connectivity index (χ1) is 14.8. The molecule has 3 aromatic rings. The maximum absolute atomic E-state index is 12.6. The number of halogens is 3. The number of anilines is 1.